The van der Waals surface area contributed by atoms with Crippen molar-refractivity contribution in [1.29, 1.82) is 5.41 Å². The minimum absolute atomic E-state index is 0.136. The zero-order valence-corrected chi connectivity index (χ0v) is 8.93. The fourth-order valence-corrected chi connectivity index (χ4v) is 1.39. The topological polar surface area (TPSA) is 50.1 Å². The van der Waals surface area contributed by atoms with Gasteiger partial charge < -0.3 is 4.43 Å². The molecule has 0 spiro atoms. The summed E-state index contributed by atoms with van der Waals surface area (Å²) >= 11 is 0. The van der Waals surface area contributed by atoms with E-state index in [1.165, 1.54) is 12.5 Å². The summed E-state index contributed by atoms with van der Waals surface area (Å²) in [6, 6.07) is 1.33. The van der Waals surface area contributed by atoms with Crippen molar-refractivity contribution in [1.82, 2.24) is 0 Å². The molecule has 0 aliphatic rings. The maximum Gasteiger partial charge on any atom is 0.231 e. The smallest absolute Gasteiger partial charge is 0.231 e. The van der Waals surface area contributed by atoms with Crippen LogP contribution < -0.4 is 0 Å². The minimum atomic E-state index is -0.136. The summed E-state index contributed by atoms with van der Waals surface area (Å²) in [6.45, 7) is 6.40. The van der Waals surface area contributed by atoms with E-state index < -0.39 is 0 Å². The van der Waals surface area contributed by atoms with Gasteiger partial charge >= 0.3 is 0 Å². The zero-order valence-electron chi connectivity index (χ0n) is 7.52. The van der Waals surface area contributed by atoms with Gasteiger partial charge in [-0.25, -0.2) is 10.2 Å². The fraction of sp³-hybridized carbons (Fsp3) is 0.857. The third kappa shape index (κ3) is 26.3. The quantitative estimate of drug-likeness (QED) is 0.302. The van der Waals surface area contributed by atoms with E-state index in [4.69, 9.17) is 14.6 Å². The highest BCUT2D eigenvalue weighted by molar-refractivity contribution is 6.27. The Morgan fingerprint density at radius 2 is 2.09 bits per heavy atom. The Kier molecular flexibility index (Phi) is 14.7. The first kappa shape index (κ1) is 13.2. The largest absolute Gasteiger partial charge is 0.422 e. The Labute approximate surface area is 70.6 Å². The molecule has 0 heterocycles. The molecular weight excluding hydrogens is 158 g/mol. The molecule has 0 fully saturated rings. The van der Waals surface area contributed by atoms with Crippen molar-refractivity contribution in [2.45, 2.75) is 39.3 Å². The summed E-state index contributed by atoms with van der Waals surface area (Å²) < 4.78 is 5.42. The third-order valence-electron chi connectivity index (χ3n) is 0.949. The van der Waals surface area contributed by atoms with Crippen LogP contribution >= 0.6 is 0 Å². The predicted octanol–water partition coefficient (Wildman–Crippen LogP) is 1.22. The van der Waals surface area contributed by atoms with Gasteiger partial charge in [0.05, 0.1) is 0 Å². The van der Waals surface area contributed by atoms with Crippen LogP contribution in [0.4, 0.5) is 0 Å². The number of rotatable bonds is 4. The van der Waals surface area contributed by atoms with E-state index in [0.29, 0.717) is 6.10 Å². The van der Waals surface area contributed by atoms with Crippen LogP contribution in [0, 0.1) is 5.41 Å². The number of isocyanates is 1. The molecule has 0 unspecified atom stereocenters. The Balaban J connectivity index is 0. The van der Waals surface area contributed by atoms with Gasteiger partial charge in [0.25, 0.3) is 0 Å². The van der Waals surface area contributed by atoms with Crippen molar-refractivity contribution in [3.8, 4) is 0 Å². The zero-order chi connectivity index (χ0) is 9.11. The van der Waals surface area contributed by atoms with Crippen molar-refractivity contribution in [2.24, 2.45) is 0 Å². The number of carbonyl (C=O) groups excluding carboxylic acids is 1. The third-order valence-corrected chi connectivity index (χ3v) is 2.85. The molecule has 0 rings (SSSR count). The van der Waals surface area contributed by atoms with Crippen LogP contribution in [0.2, 0.25) is 6.04 Å². The molecule has 0 saturated heterocycles. The van der Waals surface area contributed by atoms with E-state index >= 15 is 0 Å². The maximum atomic E-state index is 8.35. The molecule has 0 aromatic heterocycles. The normalized spacial score (nSPS) is 9.45. The average molecular weight is 175 g/mol. The van der Waals surface area contributed by atoms with Crippen molar-refractivity contribution in [3.63, 3.8) is 0 Å². The molecule has 11 heavy (non-hydrogen) atoms. The molecule has 0 radical (unpaired) electrons. The Morgan fingerprint density at radius 3 is 2.36 bits per heavy atom. The number of hydrogen-bond donors (Lipinski definition) is 1. The van der Waals surface area contributed by atoms with Gasteiger partial charge in [0.15, 0.2) is 9.76 Å². The summed E-state index contributed by atoms with van der Waals surface area (Å²) in [6.07, 6.45) is 2.51. The lowest BCUT2D eigenvalue weighted by Crippen LogP contribution is -2.05. The second kappa shape index (κ2) is 12.3. The van der Waals surface area contributed by atoms with Gasteiger partial charge in [0.1, 0.15) is 0 Å². The number of hydrogen-bond acceptors (Lipinski definition) is 3. The van der Waals surface area contributed by atoms with Gasteiger partial charge in [-0.2, -0.15) is 0 Å². The molecule has 0 saturated carbocycles. The molecule has 66 valence electrons. The minimum Gasteiger partial charge on any atom is -0.422 e. The van der Waals surface area contributed by atoms with E-state index in [2.05, 4.69) is 20.8 Å². The molecule has 0 atom stereocenters. The Morgan fingerprint density at radius 1 is 1.64 bits per heavy atom. The maximum absolute atomic E-state index is 8.35. The highest BCUT2D eigenvalue weighted by Gasteiger charge is 1.90. The Bertz CT molecular complexity index is 101. The van der Waals surface area contributed by atoms with Crippen LogP contribution in [0.5, 0.6) is 0 Å². The second-order valence-electron chi connectivity index (χ2n) is 2.38. The molecular formula is C7H17NO2Si. The van der Waals surface area contributed by atoms with Crippen LogP contribution in [0.15, 0.2) is 0 Å². The first-order valence-electron chi connectivity index (χ1n) is 3.84. The molecule has 0 aromatic rings. The lowest BCUT2D eigenvalue weighted by atomic mass is 10.5. The lowest BCUT2D eigenvalue weighted by molar-refractivity contribution is 0.255. The summed E-state index contributed by atoms with van der Waals surface area (Å²) in [5.41, 5.74) is 0. The van der Waals surface area contributed by atoms with Crippen LogP contribution in [-0.4, -0.2) is 21.9 Å². The number of nitrogens with one attached hydrogen (secondary N) is 1. The van der Waals surface area contributed by atoms with Crippen LogP contribution in [-0.2, 0) is 9.22 Å². The first-order chi connectivity index (χ1) is 5.18. The molecule has 0 amide bonds. The summed E-state index contributed by atoms with van der Waals surface area (Å²) in [5.74, 6) is 0. The van der Waals surface area contributed by atoms with E-state index in [1.54, 1.807) is 0 Å². The SMILES string of the molecule is CCC[SiH2]OC(C)C.N=C=O. The Hall–Kier alpha value is -0.443. The standard InChI is InChI=1S/C6H16OSi.CHNO/c1-4-5-8-7-6(2)3;2-1-3/h6H,4-5,8H2,1-3H3;2H. The van der Waals surface area contributed by atoms with E-state index in [1.807, 2.05) is 0 Å². The van der Waals surface area contributed by atoms with Gasteiger partial charge in [-0.3, -0.25) is 0 Å². The molecule has 4 heteroatoms. The highest BCUT2D eigenvalue weighted by Crippen LogP contribution is 1.90. The summed E-state index contributed by atoms with van der Waals surface area (Å²) in [5, 5.41) is 5.40. The van der Waals surface area contributed by atoms with Crippen molar-refractivity contribution in [2.75, 3.05) is 0 Å². The molecule has 0 aliphatic carbocycles. The summed E-state index contributed by atoms with van der Waals surface area (Å²) in [7, 11) is -0.136. The van der Waals surface area contributed by atoms with Gasteiger partial charge in [0.2, 0.25) is 6.08 Å². The van der Waals surface area contributed by atoms with E-state index in [9.17, 15) is 0 Å². The molecule has 0 aliphatic heterocycles. The van der Waals surface area contributed by atoms with Crippen LogP contribution in [0.1, 0.15) is 27.2 Å². The van der Waals surface area contributed by atoms with Gasteiger partial charge in [-0.05, 0) is 19.9 Å². The van der Waals surface area contributed by atoms with Crippen molar-refractivity contribution in [3.05, 3.63) is 0 Å². The lowest BCUT2D eigenvalue weighted by Gasteiger charge is -2.04. The molecule has 0 aromatic carbocycles. The van der Waals surface area contributed by atoms with Crippen molar-refractivity contribution < 1.29 is 9.22 Å². The first-order valence-corrected chi connectivity index (χ1v) is 5.42. The van der Waals surface area contributed by atoms with Crippen LogP contribution in [0.3, 0.4) is 0 Å². The molecule has 3 nitrogen and oxygen atoms in total. The van der Waals surface area contributed by atoms with Crippen molar-refractivity contribution >= 4 is 15.8 Å². The highest BCUT2D eigenvalue weighted by atomic mass is 28.2. The predicted molar refractivity (Wildman–Crippen MR) is 48.3 cm³/mol. The van der Waals surface area contributed by atoms with Gasteiger partial charge in [-0.1, -0.05) is 13.3 Å². The summed E-state index contributed by atoms with van der Waals surface area (Å²) in [4.78, 5) is 8.35. The van der Waals surface area contributed by atoms with E-state index in [0.717, 1.165) is 6.08 Å². The van der Waals surface area contributed by atoms with Gasteiger partial charge in [0, 0.05) is 6.10 Å². The van der Waals surface area contributed by atoms with Gasteiger partial charge in [-0.15, -0.1) is 0 Å². The van der Waals surface area contributed by atoms with E-state index in [-0.39, 0.29) is 9.76 Å². The fourth-order valence-electron chi connectivity index (χ4n) is 0.463. The van der Waals surface area contributed by atoms with Crippen LogP contribution in [0.25, 0.3) is 0 Å². The monoisotopic (exact) mass is 175 g/mol. The molecule has 0 bridgehead atoms. The molecule has 1 N–H and O–H groups in total. The average Bonchev–Trinajstić information content (AvgIpc) is 1.89. The second-order valence-corrected chi connectivity index (χ2v) is 3.82.